The predicted molar refractivity (Wildman–Crippen MR) is 44.7 cm³/mol. The number of aryl methyl sites for hydroxylation is 1. The summed E-state index contributed by atoms with van der Waals surface area (Å²) < 4.78 is 50.2. The van der Waals surface area contributed by atoms with Gasteiger partial charge in [0.25, 0.3) is 0 Å². The molecule has 0 heterocycles. The van der Waals surface area contributed by atoms with Crippen LogP contribution in [0.25, 0.3) is 0 Å². The number of amides is 1. The number of hydrogen-bond donors (Lipinski definition) is 1. The van der Waals surface area contributed by atoms with E-state index >= 15 is 0 Å². The second-order valence-corrected chi connectivity index (χ2v) is 2.98. The van der Waals surface area contributed by atoms with Gasteiger partial charge < -0.3 is 5.73 Å². The molecule has 1 rings (SSSR count). The molecule has 0 spiro atoms. The first-order valence-corrected chi connectivity index (χ1v) is 3.91. The van der Waals surface area contributed by atoms with Crippen LogP contribution in [0.1, 0.15) is 21.5 Å². The first-order valence-electron chi connectivity index (χ1n) is 3.91. The third-order valence-corrected chi connectivity index (χ3v) is 1.89. The zero-order valence-electron chi connectivity index (χ0n) is 7.65. The highest BCUT2D eigenvalue weighted by molar-refractivity contribution is 5.96. The maximum absolute atomic E-state index is 13.0. The van der Waals surface area contributed by atoms with Crippen LogP contribution in [-0.4, -0.2) is 5.91 Å². The Bertz CT molecular complexity index is 411. The van der Waals surface area contributed by atoms with Gasteiger partial charge in [0.1, 0.15) is 11.4 Å². The molecule has 0 bridgehead atoms. The Kier molecular flexibility index (Phi) is 2.70. The number of alkyl halides is 3. The lowest BCUT2D eigenvalue weighted by atomic mass is 10.0. The van der Waals surface area contributed by atoms with Crippen molar-refractivity contribution in [2.24, 2.45) is 5.73 Å². The van der Waals surface area contributed by atoms with E-state index in [1.165, 1.54) is 6.92 Å². The van der Waals surface area contributed by atoms with Gasteiger partial charge >= 0.3 is 6.18 Å². The van der Waals surface area contributed by atoms with Crippen LogP contribution >= 0.6 is 0 Å². The van der Waals surface area contributed by atoms with Gasteiger partial charge in [0.2, 0.25) is 5.91 Å². The molecule has 1 aromatic rings. The molecular formula is C9H7F4NO. The smallest absolute Gasteiger partial charge is 0.366 e. The maximum Gasteiger partial charge on any atom is 0.420 e. The number of hydrogen-bond acceptors (Lipinski definition) is 1. The van der Waals surface area contributed by atoms with Gasteiger partial charge in [-0.25, -0.2) is 4.39 Å². The van der Waals surface area contributed by atoms with Crippen molar-refractivity contribution in [3.8, 4) is 0 Å². The molecule has 82 valence electrons. The van der Waals surface area contributed by atoms with E-state index in [0.29, 0.717) is 6.07 Å². The standard InChI is InChI=1S/C9H7F4NO/c1-4-2-3-5(10)7(9(11,12)13)6(4)8(14)15/h2-3H,1H3,(H2,14,15). The SMILES string of the molecule is Cc1ccc(F)c(C(F)(F)F)c1C(N)=O. The molecule has 0 saturated heterocycles. The molecule has 2 nitrogen and oxygen atoms in total. The molecule has 0 aliphatic rings. The molecule has 0 unspecified atom stereocenters. The van der Waals surface area contributed by atoms with Crippen molar-refractivity contribution < 1.29 is 22.4 Å². The Hall–Kier alpha value is -1.59. The van der Waals surface area contributed by atoms with E-state index in [0.717, 1.165) is 6.07 Å². The van der Waals surface area contributed by atoms with E-state index in [1.54, 1.807) is 0 Å². The molecule has 0 saturated carbocycles. The van der Waals surface area contributed by atoms with E-state index < -0.39 is 29.0 Å². The largest absolute Gasteiger partial charge is 0.420 e. The molecule has 15 heavy (non-hydrogen) atoms. The second-order valence-electron chi connectivity index (χ2n) is 2.98. The number of carbonyl (C=O) groups excluding carboxylic acids is 1. The fourth-order valence-corrected chi connectivity index (χ4v) is 1.28. The fourth-order valence-electron chi connectivity index (χ4n) is 1.28. The minimum Gasteiger partial charge on any atom is -0.366 e. The minimum atomic E-state index is -4.93. The topological polar surface area (TPSA) is 43.1 Å². The monoisotopic (exact) mass is 221 g/mol. The summed E-state index contributed by atoms with van der Waals surface area (Å²) in [5, 5.41) is 0. The highest BCUT2D eigenvalue weighted by Gasteiger charge is 2.38. The summed E-state index contributed by atoms with van der Waals surface area (Å²) in [6, 6.07) is 1.73. The Morgan fingerprint density at radius 2 is 1.87 bits per heavy atom. The van der Waals surface area contributed by atoms with Gasteiger partial charge in [0.05, 0.1) is 5.56 Å². The van der Waals surface area contributed by atoms with Gasteiger partial charge in [-0.2, -0.15) is 13.2 Å². The molecule has 0 atom stereocenters. The molecule has 0 aliphatic heterocycles. The summed E-state index contributed by atoms with van der Waals surface area (Å²) >= 11 is 0. The van der Waals surface area contributed by atoms with E-state index in [2.05, 4.69) is 0 Å². The van der Waals surface area contributed by atoms with Crippen LogP contribution in [0.2, 0.25) is 0 Å². The summed E-state index contributed by atoms with van der Waals surface area (Å²) in [5.74, 6) is -2.79. The summed E-state index contributed by atoms with van der Waals surface area (Å²) in [6.07, 6.45) is -4.93. The summed E-state index contributed by atoms with van der Waals surface area (Å²) in [5.41, 5.74) is 2.35. The molecule has 1 amide bonds. The van der Waals surface area contributed by atoms with E-state index in [4.69, 9.17) is 5.73 Å². The normalized spacial score (nSPS) is 11.5. The van der Waals surface area contributed by atoms with Gasteiger partial charge in [-0.1, -0.05) is 6.07 Å². The average Bonchev–Trinajstić information content (AvgIpc) is 2.05. The number of halogens is 4. The third-order valence-electron chi connectivity index (χ3n) is 1.89. The van der Waals surface area contributed by atoms with Crippen molar-refractivity contribution in [3.05, 3.63) is 34.6 Å². The Labute approximate surface area is 82.7 Å². The van der Waals surface area contributed by atoms with Crippen molar-refractivity contribution >= 4 is 5.91 Å². The number of rotatable bonds is 1. The first-order chi connectivity index (χ1) is 6.75. The third kappa shape index (κ3) is 2.08. The van der Waals surface area contributed by atoms with Gasteiger partial charge in [-0.3, -0.25) is 4.79 Å². The molecule has 1 aromatic carbocycles. The van der Waals surface area contributed by atoms with Crippen LogP contribution in [0.4, 0.5) is 17.6 Å². The summed E-state index contributed by atoms with van der Waals surface area (Å²) in [4.78, 5) is 10.8. The zero-order valence-corrected chi connectivity index (χ0v) is 7.65. The quantitative estimate of drug-likeness (QED) is 0.726. The zero-order chi connectivity index (χ0) is 11.8. The lowest BCUT2D eigenvalue weighted by Gasteiger charge is -2.13. The molecule has 2 N–H and O–H groups in total. The Balaban J connectivity index is 3.60. The Morgan fingerprint density at radius 1 is 1.33 bits per heavy atom. The summed E-state index contributed by atoms with van der Waals surface area (Å²) in [7, 11) is 0. The van der Waals surface area contributed by atoms with Crippen molar-refractivity contribution in [2.45, 2.75) is 13.1 Å². The highest BCUT2D eigenvalue weighted by Crippen LogP contribution is 2.35. The Morgan fingerprint density at radius 3 is 2.20 bits per heavy atom. The number of primary amides is 1. The van der Waals surface area contributed by atoms with Crippen LogP contribution in [0, 0.1) is 12.7 Å². The average molecular weight is 221 g/mol. The lowest BCUT2D eigenvalue weighted by molar-refractivity contribution is -0.140. The van der Waals surface area contributed by atoms with Crippen LogP contribution in [0.15, 0.2) is 12.1 Å². The predicted octanol–water partition coefficient (Wildman–Crippen LogP) is 2.25. The number of benzene rings is 1. The molecular weight excluding hydrogens is 214 g/mol. The second kappa shape index (κ2) is 3.52. The van der Waals surface area contributed by atoms with E-state index in [-0.39, 0.29) is 5.56 Å². The van der Waals surface area contributed by atoms with Gasteiger partial charge in [-0.15, -0.1) is 0 Å². The first kappa shape index (κ1) is 11.5. The van der Waals surface area contributed by atoms with E-state index in [1.807, 2.05) is 0 Å². The van der Waals surface area contributed by atoms with Crippen LogP contribution in [0.5, 0.6) is 0 Å². The van der Waals surface area contributed by atoms with Crippen molar-refractivity contribution in [1.82, 2.24) is 0 Å². The lowest BCUT2D eigenvalue weighted by Crippen LogP contribution is -2.21. The molecule has 0 aliphatic carbocycles. The molecule has 0 radical (unpaired) electrons. The highest BCUT2D eigenvalue weighted by atomic mass is 19.4. The minimum absolute atomic E-state index is 0.00350. The molecule has 0 aromatic heterocycles. The van der Waals surface area contributed by atoms with Crippen LogP contribution < -0.4 is 5.73 Å². The number of nitrogens with two attached hydrogens (primary N) is 1. The van der Waals surface area contributed by atoms with E-state index in [9.17, 15) is 22.4 Å². The fraction of sp³-hybridized carbons (Fsp3) is 0.222. The maximum atomic E-state index is 13.0. The van der Waals surface area contributed by atoms with Gasteiger partial charge in [-0.05, 0) is 18.6 Å². The molecule has 0 fully saturated rings. The number of carbonyl (C=O) groups is 1. The summed E-state index contributed by atoms with van der Waals surface area (Å²) in [6.45, 7) is 1.26. The van der Waals surface area contributed by atoms with Gasteiger partial charge in [0, 0.05) is 0 Å². The van der Waals surface area contributed by atoms with Crippen molar-refractivity contribution in [3.63, 3.8) is 0 Å². The van der Waals surface area contributed by atoms with Crippen LogP contribution in [-0.2, 0) is 6.18 Å². The molecule has 6 heteroatoms. The van der Waals surface area contributed by atoms with Crippen molar-refractivity contribution in [1.29, 1.82) is 0 Å². The van der Waals surface area contributed by atoms with Crippen LogP contribution in [0.3, 0.4) is 0 Å². The van der Waals surface area contributed by atoms with Crippen molar-refractivity contribution in [2.75, 3.05) is 0 Å². The van der Waals surface area contributed by atoms with Gasteiger partial charge in [0.15, 0.2) is 0 Å².